The first-order valence-electron chi connectivity index (χ1n) is 11.9. The highest BCUT2D eigenvalue weighted by Crippen LogP contribution is 2.38. The highest BCUT2D eigenvalue weighted by Gasteiger charge is 2.24. The first-order chi connectivity index (χ1) is 17.7. The van der Waals surface area contributed by atoms with Gasteiger partial charge in [-0.15, -0.1) is 0 Å². The van der Waals surface area contributed by atoms with Gasteiger partial charge in [-0.3, -0.25) is 25.2 Å². The van der Waals surface area contributed by atoms with Crippen LogP contribution in [0.1, 0.15) is 30.1 Å². The summed E-state index contributed by atoms with van der Waals surface area (Å²) in [4.78, 5) is 41.7. The molecule has 3 amide bonds. The fourth-order valence-electron chi connectivity index (χ4n) is 4.16. The van der Waals surface area contributed by atoms with E-state index in [-0.39, 0.29) is 30.2 Å². The van der Waals surface area contributed by atoms with Crippen LogP contribution in [0.2, 0.25) is 5.02 Å². The molecule has 1 heterocycles. The average molecular weight is 533 g/mol. The van der Waals surface area contributed by atoms with Gasteiger partial charge in [0.25, 0.3) is 5.91 Å². The summed E-state index contributed by atoms with van der Waals surface area (Å²) < 4.78 is 15.8. The number of halogens is 1. The number of hydrazine groups is 1. The lowest BCUT2D eigenvalue weighted by atomic mass is 10.0. The maximum Gasteiger partial charge on any atom is 0.269 e. The molecule has 0 aromatic heterocycles. The Morgan fingerprint density at radius 1 is 0.919 bits per heavy atom. The minimum absolute atomic E-state index is 0.00695. The fraction of sp³-hybridized carbons (Fsp3) is 0.423. The number of nitrogens with one attached hydrogen (secondary N) is 2. The summed E-state index contributed by atoms with van der Waals surface area (Å²) in [6, 6.07) is 10.6. The molecule has 10 nitrogen and oxygen atoms in total. The van der Waals surface area contributed by atoms with Gasteiger partial charge in [0.15, 0.2) is 11.5 Å². The number of hydrogen-bond donors (Lipinski definition) is 2. The summed E-state index contributed by atoms with van der Waals surface area (Å²) in [5.41, 5.74) is 6.05. The van der Waals surface area contributed by atoms with Gasteiger partial charge in [0.05, 0.1) is 21.3 Å². The molecule has 0 radical (unpaired) electrons. The maximum absolute atomic E-state index is 12.8. The number of amides is 3. The largest absolute Gasteiger partial charge is 0.493 e. The van der Waals surface area contributed by atoms with E-state index >= 15 is 0 Å². The normalized spacial score (nSPS) is 14.0. The molecule has 0 bridgehead atoms. The van der Waals surface area contributed by atoms with E-state index < -0.39 is 11.8 Å². The second kappa shape index (κ2) is 13.0. The van der Waals surface area contributed by atoms with Gasteiger partial charge in [-0.05, 0) is 36.2 Å². The molecule has 37 heavy (non-hydrogen) atoms. The molecule has 2 aromatic carbocycles. The Hall–Kier alpha value is -3.66. The van der Waals surface area contributed by atoms with Gasteiger partial charge in [0.2, 0.25) is 17.6 Å². The van der Waals surface area contributed by atoms with Crippen LogP contribution in [0.25, 0.3) is 0 Å². The van der Waals surface area contributed by atoms with Crippen molar-refractivity contribution in [1.82, 2.24) is 15.8 Å². The molecule has 1 aliphatic heterocycles. The molecule has 1 atom stereocenters. The van der Waals surface area contributed by atoms with Crippen molar-refractivity contribution in [3.8, 4) is 17.2 Å². The van der Waals surface area contributed by atoms with Crippen LogP contribution in [-0.4, -0.2) is 70.1 Å². The summed E-state index contributed by atoms with van der Waals surface area (Å²) in [7, 11) is 4.36. The first kappa shape index (κ1) is 27.9. The predicted octanol–water partition coefficient (Wildman–Crippen LogP) is 2.89. The Balaban J connectivity index is 1.44. The number of nitrogens with zero attached hydrogens (tertiary/aromatic N) is 2. The number of methoxy groups -OCH3 is 3. The molecular formula is C26H33ClN4O6. The lowest BCUT2D eigenvalue weighted by Crippen LogP contribution is -2.49. The molecule has 1 saturated heterocycles. The zero-order valence-electron chi connectivity index (χ0n) is 21.5. The lowest BCUT2D eigenvalue weighted by molar-refractivity contribution is -0.132. The van der Waals surface area contributed by atoms with Gasteiger partial charge in [0.1, 0.15) is 0 Å². The highest BCUT2D eigenvalue weighted by atomic mass is 35.5. The van der Waals surface area contributed by atoms with E-state index in [0.29, 0.717) is 48.5 Å². The number of benzene rings is 2. The van der Waals surface area contributed by atoms with E-state index in [1.54, 1.807) is 0 Å². The minimum atomic E-state index is -0.547. The molecular weight excluding hydrogens is 500 g/mol. The lowest BCUT2D eigenvalue weighted by Gasteiger charge is -2.36. The fourth-order valence-corrected chi connectivity index (χ4v) is 4.35. The molecule has 1 unspecified atom stereocenters. The van der Waals surface area contributed by atoms with Crippen LogP contribution in [0.15, 0.2) is 36.4 Å². The monoisotopic (exact) mass is 532 g/mol. The topological polar surface area (TPSA) is 109 Å². The number of carbonyl (C=O) groups is 3. The molecule has 0 saturated carbocycles. The van der Waals surface area contributed by atoms with E-state index in [4.69, 9.17) is 25.8 Å². The van der Waals surface area contributed by atoms with Gasteiger partial charge in [-0.25, -0.2) is 0 Å². The van der Waals surface area contributed by atoms with Crippen molar-refractivity contribution in [2.75, 3.05) is 52.4 Å². The predicted molar refractivity (Wildman–Crippen MR) is 140 cm³/mol. The van der Waals surface area contributed by atoms with Crippen LogP contribution >= 0.6 is 11.6 Å². The summed E-state index contributed by atoms with van der Waals surface area (Å²) >= 11 is 6.09. The summed E-state index contributed by atoms with van der Waals surface area (Å²) in [5.74, 6) is -0.141. The SMILES string of the molecule is COc1cc(C(=O)NNC(=O)CC(C)CC(=O)N2CCN(c3cccc(Cl)c3)CC2)cc(OC)c1OC. The second-order valence-corrected chi connectivity index (χ2v) is 9.21. The summed E-state index contributed by atoms with van der Waals surface area (Å²) in [5, 5.41) is 0.683. The van der Waals surface area contributed by atoms with Crippen molar-refractivity contribution in [3.05, 3.63) is 47.0 Å². The highest BCUT2D eigenvalue weighted by molar-refractivity contribution is 6.30. The van der Waals surface area contributed by atoms with Crippen LogP contribution in [0.3, 0.4) is 0 Å². The molecule has 3 rings (SSSR count). The van der Waals surface area contributed by atoms with Gasteiger partial charge in [-0.1, -0.05) is 24.6 Å². The number of ether oxygens (including phenoxy) is 3. The first-order valence-corrected chi connectivity index (χ1v) is 12.3. The van der Waals surface area contributed by atoms with Crippen LogP contribution in [-0.2, 0) is 9.59 Å². The van der Waals surface area contributed by atoms with Gasteiger partial charge < -0.3 is 24.0 Å². The average Bonchev–Trinajstić information content (AvgIpc) is 2.90. The van der Waals surface area contributed by atoms with Gasteiger partial charge in [-0.2, -0.15) is 0 Å². The van der Waals surface area contributed by atoms with Crippen LogP contribution < -0.4 is 30.0 Å². The maximum atomic E-state index is 12.8. The standard InChI is InChI=1S/C26H33ClN4O6/c1-17(13-24(33)31-10-8-30(9-11-31)20-7-5-6-19(27)16-20)12-23(32)28-29-26(34)18-14-21(35-2)25(37-4)22(15-18)36-3/h5-7,14-17H,8-13H2,1-4H3,(H,28,32)(H,29,34). The van der Waals surface area contributed by atoms with Crippen LogP contribution in [0, 0.1) is 5.92 Å². The third kappa shape index (κ3) is 7.42. The molecule has 2 N–H and O–H groups in total. The molecule has 0 spiro atoms. The van der Waals surface area contributed by atoms with Crippen LogP contribution in [0.5, 0.6) is 17.2 Å². The van der Waals surface area contributed by atoms with Gasteiger partial charge in [0, 0.05) is 55.3 Å². The molecule has 200 valence electrons. The van der Waals surface area contributed by atoms with Crippen molar-refractivity contribution in [2.24, 2.45) is 5.92 Å². The Labute approximate surface area is 221 Å². The molecule has 0 aliphatic carbocycles. The van der Waals surface area contributed by atoms with Crippen molar-refractivity contribution >= 4 is 35.0 Å². The third-order valence-corrected chi connectivity index (χ3v) is 6.34. The number of rotatable bonds is 9. The second-order valence-electron chi connectivity index (χ2n) is 8.78. The summed E-state index contributed by atoms with van der Waals surface area (Å²) in [6.45, 7) is 4.48. The Bertz CT molecular complexity index is 1090. The Morgan fingerprint density at radius 2 is 1.57 bits per heavy atom. The molecule has 2 aromatic rings. The van der Waals surface area contributed by atoms with Crippen molar-refractivity contribution < 1.29 is 28.6 Å². The van der Waals surface area contributed by atoms with Crippen molar-refractivity contribution in [3.63, 3.8) is 0 Å². The number of piperazine rings is 1. The van der Waals surface area contributed by atoms with E-state index in [9.17, 15) is 14.4 Å². The van der Waals surface area contributed by atoms with Crippen molar-refractivity contribution in [2.45, 2.75) is 19.8 Å². The van der Waals surface area contributed by atoms with E-state index in [1.807, 2.05) is 36.1 Å². The van der Waals surface area contributed by atoms with Crippen LogP contribution in [0.4, 0.5) is 5.69 Å². The van der Waals surface area contributed by atoms with E-state index in [0.717, 1.165) is 5.69 Å². The smallest absolute Gasteiger partial charge is 0.269 e. The molecule has 1 fully saturated rings. The summed E-state index contributed by atoms with van der Waals surface area (Å²) in [6.07, 6.45) is 0.329. The molecule has 11 heteroatoms. The number of hydrogen-bond acceptors (Lipinski definition) is 7. The Morgan fingerprint density at radius 3 is 2.14 bits per heavy atom. The zero-order chi connectivity index (χ0) is 26.9. The molecule has 1 aliphatic rings. The quantitative estimate of drug-likeness (QED) is 0.478. The minimum Gasteiger partial charge on any atom is -0.493 e. The zero-order valence-corrected chi connectivity index (χ0v) is 22.3. The van der Waals surface area contributed by atoms with E-state index in [1.165, 1.54) is 33.5 Å². The van der Waals surface area contributed by atoms with Crippen molar-refractivity contribution in [1.29, 1.82) is 0 Å². The van der Waals surface area contributed by atoms with Gasteiger partial charge >= 0.3 is 0 Å². The third-order valence-electron chi connectivity index (χ3n) is 6.11. The number of anilines is 1. The number of carbonyl (C=O) groups excluding carboxylic acids is 3. The Kier molecular flexibility index (Phi) is 9.85. The van der Waals surface area contributed by atoms with E-state index in [2.05, 4.69) is 15.8 Å².